The number of hydrogen-bond acceptors (Lipinski definition) is 2. The Balaban J connectivity index is 3.34. The smallest absolute Gasteiger partial charge is 0.244 e. The van der Waals surface area contributed by atoms with Gasteiger partial charge in [0.2, 0.25) is 5.69 Å². The number of aromatic nitrogens is 2. The van der Waals surface area contributed by atoms with Crippen LogP contribution >= 0.6 is 11.6 Å². The average Bonchev–Trinajstić information content (AvgIpc) is 1.88. The van der Waals surface area contributed by atoms with E-state index in [0.29, 0.717) is 11.4 Å². The van der Waals surface area contributed by atoms with E-state index < -0.39 is 0 Å². The van der Waals surface area contributed by atoms with Crippen LogP contribution in [0.1, 0.15) is 5.69 Å². The first-order chi connectivity index (χ1) is 4.75. The molecular weight excluding hydrogens is 150 g/mol. The molecule has 4 heteroatoms. The fourth-order valence-corrected chi connectivity index (χ4v) is 0.787. The van der Waals surface area contributed by atoms with Crippen molar-refractivity contribution in [2.75, 3.05) is 0 Å². The summed E-state index contributed by atoms with van der Waals surface area (Å²) in [5.74, 6) is 0. The lowest BCUT2D eigenvalue weighted by molar-refractivity contribution is 1.11. The molecule has 0 spiro atoms. The minimum Gasteiger partial charge on any atom is -0.253 e. The molecule has 10 heavy (non-hydrogen) atoms. The summed E-state index contributed by atoms with van der Waals surface area (Å²) in [6.07, 6.45) is 1.34. The van der Waals surface area contributed by atoms with Crippen molar-refractivity contribution in [3.63, 3.8) is 0 Å². The van der Waals surface area contributed by atoms with Crippen LogP contribution in [0.4, 0.5) is 5.69 Å². The van der Waals surface area contributed by atoms with Gasteiger partial charge < -0.3 is 0 Å². The zero-order valence-corrected chi connectivity index (χ0v) is 6.05. The van der Waals surface area contributed by atoms with Crippen LogP contribution in [0.5, 0.6) is 0 Å². The number of rotatable bonds is 0. The molecule has 0 aromatic carbocycles. The van der Waals surface area contributed by atoms with Gasteiger partial charge in [-0.1, -0.05) is 11.6 Å². The van der Waals surface area contributed by atoms with E-state index in [1.807, 2.05) is 0 Å². The van der Waals surface area contributed by atoms with Gasteiger partial charge in [0.1, 0.15) is 11.5 Å². The Kier molecular flexibility index (Phi) is 1.83. The first kappa shape index (κ1) is 6.97. The molecular formula is C6H4ClN3. The molecule has 0 aliphatic carbocycles. The fourth-order valence-electron chi connectivity index (χ4n) is 0.565. The zero-order valence-electron chi connectivity index (χ0n) is 5.30. The first-order valence-electron chi connectivity index (χ1n) is 2.60. The highest BCUT2D eigenvalue weighted by Gasteiger charge is 2.03. The third-order valence-corrected chi connectivity index (χ3v) is 1.35. The molecule has 1 aromatic heterocycles. The SMILES string of the molecule is [C-]#[N+]c1c(C)ncnc1Cl. The van der Waals surface area contributed by atoms with Crippen LogP contribution in [0.3, 0.4) is 0 Å². The Morgan fingerprint density at radius 3 is 2.70 bits per heavy atom. The Bertz CT molecular complexity index is 269. The van der Waals surface area contributed by atoms with Crippen molar-refractivity contribution in [1.82, 2.24) is 9.97 Å². The third-order valence-electron chi connectivity index (χ3n) is 1.07. The second kappa shape index (κ2) is 2.63. The maximum Gasteiger partial charge on any atom is 0.244 e. The molecule has 0 saturated carbocycles. The monoisotopic (exact) mass is 153 g/mol. The number of nitrogens with zero attached hydrogens (tertiary/aromatic N) is 3. The third kappa shape index (κ3) is 1.07. The number of halogens is 1. The molecule has 0 bridgehead atoms. The second-order valence-electron chi connectivity index (χ2n) is 1.71. The van der Waals surface area contributed by atoms with E-state index in [2.05, 4.69) is 14.8 Å². The van der Waals surface area contributed by atoms with Crippen LogP contribution < -0.4 is 0 Å². The van der Waals surface area contributed by atoms with E-state index in [4.69, 9.17) is 18.2 Å². The van der Waals surface area contributed by atoms with Crippen LogP contribution in [0.2, 0.25) is 5.15 Å². The Labute approximate surface area is 63.5 Å². The molecule has 0 radical (unpaired) electrons. The lowest BCUT2D eigenvalue weighted by Crippen LogP contribution is -1.83. The predicted octanol–water partition coefficient (Wildman–Crippen LogP) is 1.99. The van der Waals surface area contributed by atoms with Gasteiger partial charge in [0.15, 0.2) is 0 Å². The normalized spacial score (nSPS) is 8.90. The minimum absolute atomic E-state index is 0.225. The molecule has 0 aliphatic rings. The van der Waals surface area contributed by atoms with Gasteiger partial charge >= 0.3 is 0 Å². The lowest BCUT2D eigenvalue weighted by Gasteiger charge is -1.94. The molecule has 1 rings (SSSR count). The molecule has 50 valence electrons. The van der Waals surface area contributed by atoms with Gasteiger partial charge in [-0.25, -0.2) is 9.83 Å². The summed E-state index contributed by atoms with van der Waals surface area (Å²) < 4.78 is 0. The summed E-state index contributed by atoms with van der Waals surface area (Å²) >= 11 is 5.56. The van der Waals surface area contributed by atoms with E-state index in [-0.39, 0.29) is 5.15 Å². The van der Waals surface area contributed by atoms with Gasteiger partial charge in [-0.05, 0) is 6.92 Å². The Hall–Kier alpha value is -1.14. The second-order valence-corrected chi connectivity index (χ2v) is 2.07. The van der Waals surface area contributed by atoms with Crippen LogP contribution in [0.15, 0.2) is 6.33 Å². The Morgan fingerprint density at radius 2 is 2.30 bits per heavy atom. The van der Waals surface area contributed by atoms with E-state index in [1.165, 1.54) is 6.33 Å². The molecule has 0 N–H and O–H groups in total. The van der Waals surface area contributed by atoms with Crippen molar-refractivity contribution < 1.29 is 0 Å². The van der Waals surface area contributed by atoms with Gasteiger partial charge in [-0.3, -0.25) is 4.98 Å². The van der Waals surface area contributed by atoms with Crippen LogP contribution in [0.25, 0.3) is 4.85 Å². The van der Waals surface area contributed by atoms with Crippen molar-refractivity contribution in [1.29, 1.82) is 0 Å². The molecule has 1 heterocycles. The fraction of sp³-hybridized carbons (Fsp3) is 0.167. The van der Waals surface area contributed by atoms with Crippen LogP contribution in [-0.4, -0.2) is 9.97 Å². The maximum atomic E-state index is 6.69. The Morgan fingerprint density at radius 1 is 1.60 bits per heavy atom. The molecule has 0 fully saturated rings. The highest BCUT2D eigenvalue weighted by Crippen LogP contribution is 2.23. The van der Waals surface area contributed by atoms with Gasteiger partial charge in [-0.2, -0.15) is 0 Å². The van der Waals surface area contributed by atoms with Gasteiger partial charge in [0.25, 0.3) is 0 Å². The molecule has 3 nitrogen and oxygen atoms in total. The highest BCUT2D eigenvalue weighted by atomic mass is 35.5. The molecule has 0 amide bonds. The van der Waals surface area contributed by atoms with Gasteiger partial charge in [0.05, 0.1) is 6.57 Å². The first-order valence-corrected chi connectivity index (χ1v) is 2.98. The predicted molar refractivity (Wildman–Crippen MR) is 38.0 cm³/mol. The quantitative estimate of drug-likeness (QED) is 0.422. The minimum atomic E-state index is 0.225. The van der Waals surface area contributed by atoms with Crippen molar-refractivity contribution >= 4 is 17.3 Å². The molecule has 0 aliphatic heterocycles. The molecule has 0 saturated heterocycles. The van der Waals surface area contributed by atoms with E-state index in [9.17, 15) is 0 Å². The van der Waals surface area contributed by atoms with E-state index in [0.717, 1.165) is 0 Å². The van der Waals surface area contributed by atoms with Crippen molar-refractivity contribution in [2.45, 2.75) is 6.92 Å². The summed E-state index contributed by atoms with van der Waals surface area (Å²) in [6, 6.07) is 0. The van der Waals surface area contributed by atoms with Crippen LogP contribution in [-0.2, 0) is 0 Å². The summed E-state index contributed by atoms with van der Waals surface area (Å²) in [5.41, 5.74) is 0.958. The van der Waals surface area contributed by atoms with Gasteiger partial charge in [0, 0.05) is 5.69 Å². The van der Waals surface area contributed by atoms with E-state index >= 15 is 0 Å². The maximum absolute atomic E-state index is 6.69. The summed E-state index contributed by atoms with van der Waals surface area (Å²) in [5, 5.41) is 0.225. The average molecular weight is 154 g/mol. The number of aryl methyl sites for hydroxylation is 1. The molecule has 0 atom stereocenters. The topological polar surface area (TPSA) is 30.1 Å². The van der Waals surface area contributed by atoms with Crippen LogP contribution in [0, 0.1) is 13.5 Å². The largest absolute Gasteiger partial charge is 0.253 e. The summed E-state index contributed by atoms with van der Waals surface area (Å²) in [4.78, 5) is 10.6. The number of hydrogen-bond donors (Lipinski definition) is 0. The van der Waals surface area contributed by atoms with Gasteiger partial charge in [-0.15, -0.1) is 0 Å². The summed E-state index contributed by atoms with van der Waals surface area (Å²) in [6.45, 7) is 8.41. The van der Waals surface area contributed by atoms with E-state index in [1.54, 1.807) is 6.92 Å². The standard InChI is InChI=1S/C6H4ClN3/c1-4-5(8-2)6(7)10-3-9-4/h3H,1H3. The van der Waals surface area contributed by atoms with Crippen molar-refractivity contribution in [2.24, 2.45) is 0 Å². The molecule has 0 unspecified atom stereocenters. The van der Waals surface area contributed by atoms with Crippen molar-refractivity contribution in [3.8, 4) is 0 Å². The van der Waals surface area contributed by atoms with Crippen molar-refractivity contribution in [3.05, 3.63) is 28.6 Å². The zero-order chi connectivity index (χ0) is 7.56. The summed E-state index contributed by atoms with van der Waals surface area (Å²) in [7, 11) is 0. The molecule has 1 aromatic rings. The lowest BCUT2D eigenvalue weighted by atomic mass is 10.4. The highest BCUT2D eigenvalue weighted by molar-refractivity contribution is 6.32.